The fourth-order valence-corrected chi connectivity index (χ4v) is 1.80. The topological polar surface area (TPSA) is 12.5 Å². The van der Waals surface area contributed by atoms with Crippen molar-refractivity contribution in [3.8, 4) is 0 Å². The highest BCUT2D eigenvalue weighted by molar-refractivity contribution is 5.16. The van der Waals surface area contributed by atoms with Gasteiger partial charge in [0.05, 0.1) is 0 Å². The summed E-state index contributed by atoms with van der Waals surface area (Å²) in [7, 11) is 0. The van der Waals surface area contributed by atoms with Crippen LogP contribution < -0.4 is 0 Å². The Bertz CT molecular complexity index is 646. The van der Waals surface area contributed by atoms with Gasteiger partial charge < -0.3 is 0 Å². The van der Waals surface area contributed by atoms with Crippen molar-refractivity contribution in [1.82, 2.24) is 4.90 Å². The number of hydrogen-bond donors (Lipinski definition) is 0. The first-order chi connectivity index (χ1) is 12.6. The van der Waals surface area contributed by atoms with Crippen LogP contribution in [0.3, 0.4) is 0 Å². The fourth-order valence-electron chi connectivity index (χ4n) is 1.80. The number of halogens is 19. The highest BCUT2D eigenvalue weighted by Gasteiger charge is 2.99. The van der Waals surface area contributed by atoms with Gasteiger partial charge in [0.25, 0.3) is 0 Å². The Hall–Kier alpha value is -1.41. The Morgan fingerprint density at radius 3 is 1.03 bits per heavy atom. The summed E-state index contributed by atoms with van der Waals surface area (Å²) >= 11 is 0. The molecule has 0 aromatic carbocycles. The smallest absolute Gasteiger partial charge is 0.242 e. The zero-order valence-corrected chi connectivity index (χ0v) is 12.5. The maximum atomic E-state index is 13.4. The highest BCUT2D eigenvalue weighted by atomic mass is 19.4. The van der Waals surface area contributed by atoms with Gasteiger partial charge >= 0.3 is 54.3 Å². The van der Waals surface area contributed by atoms with Crippen LogP contribution in [-0.4, -0.2) is 59.2 Å². The van der Waals surface area contributed by atoms with Crippen LogP contribution in [0, 0.1) is 0 Å². The first-order valence-electron chi connectivity index (χ1n) is 6.17. The lowest BCUT2D eigenvalue weighted by Gasteiger charge is -2.53. The molecule has 0 saturated carbocycles. The van der Waals surface area contributed by atoms with Crippen LogP contribution in [0.25, 0.3) is 0 Å². The predicted octanol–water partition coefficient (Wildman–Crippen LogP) is 5.75. The van der Waals surface area contributed by atoms with Gasteiger partial charge in [-0.1, -0.05) is 0 Å². The second-order valence-electron chi connectivity index (χ2n) is 5.32. The van der Waals surface area contributed by atoms with Crippen LogP contribution in [-0.2, 0) is 4.74 Å². The molecule has 2 nitrogen and oxygen atoms in total. The molecule has 0 radical (unpaired) electrons. The molecule has 30 heavy (non-hydrogen) atoms. The lowest BCUT2D eigenvalue weighted by Crippen LogP contribution is -2.85. The molecule has 1 saturated heterocycles. The lowest BCUT2D eigenvalue weighted by molar-refractivity contribution is -0.573. The average Bonchev–Trinajstić information content (AvgIpc) is 2.41. The van der Waals surface area contributed by atoms with E-state index in [2.05, 4.69) is 0 Å². The van der Waals surface area contributed by atoms with Gasteiger partial charge in [-0.2, -0.15) is 83.4 Å². The van der Waals surface area contributed by atoms with Gasteiger partial charge in [0.1, 0.15) is 0 Å². The molecule has 0 aliphatic carbocycles. The zero-order chi connectivity index (χ0) is 24.8. The van der Waals surface area contributed by atoms with Crippen molar-refractivity contribution in [2.45, 2.75) is 54.3 Å². The molecule has 0 unspecified atom stereocenters. The summed E-state index contributed by atoms with van der Waals surface area (Å²) in [5.74, 6) is -24.0. The SMILES string of the molecule is FC(F)(F)C(F)(F)OC(F)(F)C(F)(F)N1C(F)(F)C(F)(F)C(F)(F)C(F)(F)C1(F)F. The minimum Gasteiger partial charge on any atom is -0.242 e. The minimum absolute atomic E-state index is 1.16. The summed E-state index contributed by atoms with van der Waals surface area (Å²) in [6.45, 7) is 0. The van der Waals surface area contributed by atoms with E-state index in [9.17, 15) is 83.4 Å². The average molecular weight is 499 g/mol. The van der Waals surface area contributed by atoms with Gasteiger partial charge in [-0.3, -0.25) is 0 Å². The standard InChI is InChI=1S/C9F19NO/c10-1(11)2(12,13)5(19,20)29(6(21,22)3(1,14)15)7(23,24)9(27,28)30-8(25,26)4(16,17)18. The summed E-state index contributed by atoms with van der Waals surface area (Å²) in [6.07, 6.45) is -22.9. The maximum absolute atomic E-state index is 13.4. The van der Waals surface area contributed by atoms with Crippen LogP contribution in [0.15, 0.2) is 0 Å². The molecule has 21 heteroatoms. The maximum Gasteiger partial charge on any atom is 0.483 e. The molecule has 1 fully saturated rings. The van der Waals surface area contributed by atoms with Crippen LogP contribution >= 0.6 is 0 Å². The molecule has 1 heterocycles. The van der Waals surface area contributed by atoms with Crippen molar-refractivity contribution < 1.29 is 88.2 Å². The largest absolute Gasteiger partial charge is 0.483 e. The Morgan fingerprint density at radius 2 is 0.767 bits per heavy atom. The first kappa shape index (κ1) is 26.6. The van der Waals surface area contributed by atoms with Crippen molar-refractivity contribution in [2.24, 2.45) is 0 Å². The number of alkyl halides is 19. The number of rotatable bonds is 4. The normalized spacial score (nSPS) is 26.5. The van der Waals surface area contributed by atoms with Gasteiger partial charge in [-0.25, -0.2) is 4.74 Å². The third-order valence-electron chi connectivity index (χ3n) is 3.32. The monoisotopic (exact) mass is 499 g/mol. The van der Waals surface area contributed by atoms with E-state index >= 15 is 0 Å². The lowest BCUT2D eigenvalue weighted by atomic mass is 9.93. The van der Waals surface area contributed by atoms with Gasteiger partial charge in [0.15, 0.2) is 0 Å². The molecule has 0 atom stereocenters. The van der Waals surface area contributed by atoms with Gasteiger partial charge in [0, 0.05) is 0 Å². The molecule has 0 aromatic heterocycles. The number of piperidine rings is 1. The summed E-state index contributed by atoms with van der Waals surface area (Å²) in [5.41, 5.74) is 0. The number of ether oxygens (including phenoxy) is 1. The Kier molecular flexibility index (Phi) is 5.41. The highest BCUT2D eigenvalue weighted by Crippen LogP contribution is 2.67. The fraction of sp³-hybridized carbons (Fsp3) is 1.00. The molecule has 0 N–H and O–H groups in total. The molecule has 0 amide bonds. The second-order valence-corrected chi connectivity index (χ2v) is 5.32. The molecule has 0 aromatic rings. The summed E-state index contributed by atoms with van der Waals surface area (Å²) in [4.78, 5) is -4.61. The van der Waals surface area contributed by atoms with Crippen LogP contribution in [0.1, 0.15) is 0 Å². The number of likely N-dealkylation sites (tertiary alicyclic amines) is 1. The van der Waals surface area contributed by atoms with E-state index in [-0.39, 0.29) is 0 Å². The van der Waals surface area contributed by atoms with Crippen LogP contribution in [0.4, 0.5) is 83.4 Å². The number of nitrogens with zero attached hydrogens (tertiary/aromatic N) is 1. The summed E-state index contributed by atoms with van der Waals surface area (Å²) in [5, 5.41) is 0. The van der Waals surface area contributed by atoms with E-state index in [0.29, 0.717) is 0 Å². The second kappa shape index (κ2) is 6.09. The van der Waals surface area contributed by atoms with E-state index in [1.807, 2.05) is 0 Å². The molecule has 0 bridgehead atoms. The van der Waals surface area contributed by atoms with Crippen molar-refractivity contribution >= 4 is 0 Å². The molecular formula is C9F19NO. The quantitative estimate of drug-likeness (QED) is 0.361. The van der Waals surface area contributed by atoms with Crippen molar-refractivity contribution in [2.75, 3.05) is 0 Å². The van der Waals surface area contributed by atoms with Crippen molar-refractivity contribution in [3.63, 3.8) is 0 Å². The Labute approximate surface area is 149 Å². The van der Waals surface area contributed by atoms with E-state index in [1.165, 1.54) is 0 Å². The molecular weight excluding hydrogens is 499 g/mol. The Balaban J connectivity index is 3.77. The van der Waals surface area contributed by atoms with E-state index in [1.54, 1.807) is 0 Å². The zero-order valence-electron chi connectivity index (χ0n) is 12.5. The van der Waals surface area contributed by atoms with Gasteiger partial charge in [-0.05, 0) is 0 Å². The Morgan fingerprint density at radius 1 is 0.467 bits per heavy atom. The molecule has 1 aliphatic rings. The van der Waals surface area contributed by atoms with E-state index in [4.69, 9.17) is 0 Å². The summed E-state index contributed by atoms with van der Waals surface area (Å²) in [6, 6.07) is -24.5. The number of hydrogen-bond acceptors (Lipinski definition) is 2. The van der Waals surface area contributed by atoms with E-state index in [0.717, 1.165) is 4.74 Å². The van der Waals surface area contributed by atoms with Gasteiger partial charge in [-0.15, -0.1) is 4.90 Å². The molecule has 1 rings (SSSR count). The van der Waals surface area contributed by atoms with Crippen LogP contribution in [0.2, 0.25) is 0 Å². The molecule has 0 spiro atoms. The van der Waals surface area contributed by atoms with Crippen LogP contribution in [0.5, 0.6) is 0 Å². The molecule has 180 valence electrons. The molecule has 1 aliphatic heterocycles. The minimum atomic E-state index is -8.31. The van der Waals surface area contributed by atoms with Crippen molar-refractivity contribution in [3.05, 3.63) is 0 Å². The van der Waals surface area contributed by atoms with E-state index < -0.39 is 59.2 Å². The first-order valence-corrected chi connectivity index (χ1v) is 6.17. The third-order valence-corrected chi connectivity index (χ3v) is 3.32. The van der Waals surface area contributed by atoms with Gasteiger partial charge in [0.2, 0.25) is 0 Å². The summed E-state index contributed by atoms with van der Waals surface area (Å²) < 4.78 is 245. The van der Waals surface area contributed by atoms with Crippen molar-refractivity contribution in [1.29, 1.82) is 0 Å². The predicted molar refractivity (Wildman–Crippen MR) is 48.6 cm³/mol. The third kappa shape index (κ3) is 2.97.